The fourth-order valence-corrected chi connectivity index (χ4v) is 2.18. The van der Waals surface area contributed by atoms with Crippen LogP contribution in [0.5, 0.6) is 5.75 Å². The highest BCUT2D eigenvalue weighted by atomic mass is 79.9. The van der Waals surface area contributed by atoms with Gasteiger partial charge in [0.1, 0.15) is 0 Å². The number of ether oxygens (including phenoxy) is 2. The van der Waals surface area contributed by atoms with Crippen LogP contribution >= 0.6 is 15.9 Å². The lowest BCUT2D eigenvalue weighted by Gasteiger charge is -2.13. The number of rotatable bonds is 4. The minimum Gasteiger partial charge on any atom is -0.490 e. The molecule has 0 amide bonds. The van der Waals surface area contributed by atoms with Crippen LogP contribution in [0.4, 0.5) is 4.39 Å². The first-order valence-corrected chi connectivity index (χ1v) is 6.47. The van der Waals surface area contributed by atoms with E-state index in [9.17, 15) is 4.39 Å². The number of alkyl halides is 1. The SMILES string of the molecule is Fc1cccc(CBr)c1OCC1CCOC1. The van der Waals surface area contributed by atoms with E-state index in [1.165, 1.54) is 6.07 Å². The van der Waals surface area contributed by atoms with E-state index >= 15 is 0 Å². The summed E-state index contributed by atoms with van der Waals surface area (Å²) >= 11 is 3.32. The largest absolute Gasteiger partial charge is 0.490 e. The summed E-state index contributed by atoms with van der Waals surface area (Å²) in [5, 5.41) is 0.598. The molecule has 1 aliphatic rings. The maximum atomic E-state index is 13.5. The fourth-order valence-electron chi connectivity index (χ4n) is 1.74. The Morgan fingerprint density at radius 2 is 2.38 bits per heavy atom. The van der Waals surface area contributed by atoms with Gasteiger partial charge in [-0.1, -0.05) is 28.1 Å². The summed E-state index contributed by atoms with van der Waals surface area (Å²) in [6, 6.07) is 4.97. The second-order valence-corrected chi connectivity index (χ2v) is 4.46. The van der Waals surface area contributed by atoms with Crippen LogP contribution in [-0.2, 0) is 10.1 Å². The Morgan fingerprint density at radius 3 is 3.06 bits per heavy atom. The molecular weight excluding hydrogens is 275 g/mol. The molecule has 0 saturated carbocycles. The van der Waals surface area contributed by atoms with Crippen molar-refractivity contribution in [2.75, 3.05) is 19.8 Å². The standard InChI is InChI=1S/C12H14BrFO2/c13-6-10-2-1-3-11(14)12(10)16-8-9-4-5-15-7-9/h1-3,9H,4-8H2. The molecule has 0 N–H and O–H groups in total. The summed E-state index contributed by atoms with van der Waals surface area (Å²) in [5.41, 5.74) is 0.846. The highest BCUT2D eigenvalue weighted by Crippen LogP contribution is 2.26. The zero-order valence-corrected chi connectivity index (χ0v) is 10.5. The Balaban J connectivity index is 2.01. The van der Waals surface area contributed by atoms with Gasteiger partial charge in [0.15, 0.2) is 11.6 Å². The van der Waals surface area contributed by atoms with Crippen molar-refractivity contribution in [3.05, 3.63) is 29.6 Å². The Morgan fingerprint density at radius 1 is 1.50 bits per heavy atom. The summed E-state index contributed by atoms with van der Waals surface area (Å²) in [5.74, 6) is 0.463. The predicted octanol–water partition coefficient (Wildman–Crippen LogP) is 3.14. The van der Waals surface area contributed by atoms with E-state index < -0.39 is 0 Å². The molecule has 0 aromatic heterocycles. The van der Waals surface area contributed by atoms with Crippen molar-refractivity contribution in [1.82, 2.24) is 0 Å². The zero-order chi connectivity index (χ0) is 11.4. The van der Waals surface area contributed by atoms with E-state index in [1.807, 2.05) is 6.07 Å². The van der Waals surface area contributed by atoms with Crippen molar-refractivity contribution in [2.45, 2.75) is 11.8 Å². The fraction of sp³-hybridized carbons (Fsp3) is 0.500. The van der Waals surface area contributed by atoms with Crippen molar-refractivity contribution >= 4 is 15.9 Å². The molecule has 16 heavy (non-hydrogen) atoms. The Hall–Kier alpha value is -0.610. The van der Waals surface area contributed by atoms with Gasteiger partial charge in [0.05, 0.1) is 13.2 Å². The van der Waals surface area contributed by atoms with Crippen LogP contribution in [0.15, 0.2) is 18.2 Å². The smallest absolute Gasteiger partial charge is 0.165 e. The number of para-hydroxylation sites is 1. The van der Waals surface area contributed by atoms with E-state index in [-0.39, 0.29) is 5.82 Å². The van der Waals surface area contributed by atoms with Crippen LogP contribution in [-0.4, -0.2) is 19.8 Å². The maximum Gasteiger partial charge on any atom is 0.165 e. The molecule has 2 rings (SSSR count). The number of benzene rings is 1. The zero-order valence-electron chi connectivity index (χ0n) is 8.92. The molecular formula is C12H14BrFO2. The molecule has 1 saturated heterocycles. The highest BCUT2D eigenvalue weighted by molar-refractivity contribution is 9.08. The van der Waals surface area contributed by atoms with E-state index in [0.717, 1.165) is 25.2 Å². The van der Waals surface area contributed by atoms with Gasteiger partial charge >= 0.3 is 0 Å². The minimum absolute atomic E-state index is 0.295. The van der Waals surface area contributed by atoms with Gasteiger partial charge in [-0.05, 0) is 12.5 Å². The van der Waals surface area contributed by atoms with Gasteiger partial charge in [0, 0.05) is 23.4 Å². The number of hydrogen-bond donors (Lipinski definition) is 0. The summed E-state index contributed by atoms with van der Waals surface area (Å²) in [4.78, 5) is 0. The molecule has 1 unspecified atom stereocenters. The Kier molecular flexibility index (Phi) is 4.18. The molecule has 1 atom stereocenters. The third-order valence-electron chi connectivity index (χ3n) is 2.68. The van der Waals surface area contributed by atoms with Crippen molar-refractivity contribution in [1.29, 1.82) is 0 Å². The van der Waals surface area contributed by atoms with E-state index in [2.05, 4.69) is 15.9 Å². The van der Waals surface area contributed by atoms with Crippen LogP contribution in [0.3, 0.4) is 0 Å². The van der Waals surface area contributed by atoms with Gasteiger partial charge in [0.25, 0.3) is 0 Å². The van der Waals surface area contributed by atoms with Gasteiger partial charge in [-0.25, -0.2) is 4.39 Å². The molecule has 0 aliphatic carbocycles. The molecule has 0 bridgehead atoms. The molecule has 0 radical (unpaired) electrons. The maximum absolute atomic E-state index is 13.5. The molecule has 2 nitrogen and oxygen atoms in total. The van der Waals surface area contributed by atoms with Crippen LogP contribution in [0.2, 0.25) is 0 Å². The van der Waals surface area contributed by atoms with E-state index in [1.54, 1.807) is 6.07 Å². The molecule has 1 heterocycles. The molecule has 0 spiro atoms. The Labute approximate surface area is 103 Å². The first-order valence-electron chi connectivity index (χ1n) is 5.35. The van der Waals surface area contributed by atoms with E-state index in [0.29, 0.717) is 23.6 Å². The third-order valence-corrected chi connectivity index (χ3v) is 3.28. The third kappa shape index (κ3) is 2.74. The van der Waals surface area contributed by atoms with Crippen LogP contribution < -0.4 is 4.74 Å². The van der Waals surface area contributed by atoms with Crippen LogP contribution in [0.1, 0.15) is 12.0 Å². The molecule has 1 fully saturated rings. The number of hydrogen-bond acceptors (Lipinski definition) is 2. The van der Waals surface area contributed by atoms with Crippen molar-refractivity contribution < 1.29 is 13.9 Å². The van der Waals surface area contributed by atoms with Crippen molar-refractivity contribution in [2.24, 2.45) is 5.92 Å². The lowest BCUT2D eigenvalue weighted by atomic mass is 10.1. The summed E-state index contributed by atoms with van der Waals surface area (Å²) in [6.45, 7) is 2.04. The van der Waals surface area contributed by atoms with Crippen LogP contribution in [0, 0.1) is 11.7 Å². The topological polar surface area (TPSA) is 18.5 Å². The second-order valence-electron chi connectivity index (χ2n) is 3.90. The average Bonchev–Trinajstić information content (AvgIpc) is 2.80. The van der Waals surface area contributed by atoms with Gasteiger partial charge in [-0.15, -0.1) is 0 Å². The average molecular weight is 289 g/mol. The lowest BCUT2D eigenvalue weighted by Crippen LogP contribution is -2.13. The monoisotopic (exact) mass is 288 g/mol. The lowest BCUT2D eigenvalue weighted by molar-refractivity contribution is 0.165. The molecule has 1 aliphatic heterocycles. The summed E-state index contributed by atoms with van der Waals surface area (Å²) in [7, 11) is 0. The Bertz CT molecular complexity index is 351. The minimum atomic E-state index is -0.295. The van der Waals surface area contributed by atoms with Crippen molar-refractivity contribution in [3.8, 4) is 5.75 Å². The van der Waals surface area contributed by atoms with E-state index in [4.69, 9.17) is 9.47 Å². The highest BCUT2D eigenvalue weighted by Gasteiger charge is 2.18. The van der Waals surface area contributed by atoms with Gasteiger partial charge in [-0.2, -0.15) is 0 Å². The van der Waals surface area contributed by atoms with Gasteiger partial charge in [0.2, 0.25) is 0 Å². The molecule has 1 aromatic carbocycles. The van der Waals surface area contributed by atoms with Crippen molar-refractivity contribution in [3.63, 3.8) is 0 Å². The number of halogens is 2. The van der Waals surface area contributed by atoms with Gasteiger partial charge in [-0.3, -0.25) is 0 Å². The van der Waals surface area contributed by atoms with Gasteiger partial charge < -0.3 is 9.47 Å². The second kappa shape index (κ2) is 5.64. The normalized spacial score (nSPS) is 20.0. The predicted molar refractivity (Wildman–Crippen MR) is 63.5 cm³/mol. The van der Waals surface area contributed by atoms with Crippen LogP contribution in [0.25, 0.3) is 0 Å². The quantitative estimate of drug-likeness (QED) is 0.793. The first kappa shape index (κ1) is 11.9. The first-order chi connectivity index (χ1) is 7.81. The molecule has 4 heteroatoms. The molecule has 1 aromatic rings. The summed E-state index contributed by atoms with van der Waals surface area (Å²) in [6.07, 6.45) is 0.998. The molecule has 88 valence electrons. The summed E-state index contributed by atoms with van der Waals surface area (Å²) < 4.78 is 24.3.